The van der Waals surface area contributed by atoms with Gasteiger partial charge in [-0.1, -0.05) is 51.0 Å². The second kappa shape index (κ2) is 9.41. The molecule has 0 aromatic heterocycles. The van der Waals surface area contributed by atoms with Gasteiger partial charge in [0, 0.05) is 23.1 Å². The fourth-order valence-corrected chi connectivity index (χ4v) is 4.00. The summed E-state index contributed by atoms with van der Waals surface area (Å²) in [5.41, 5.74) is 1.34. The first kappa shape index (κ1) is 23.1. The molecule has 3 aromatic carbocycles. The van der Waals surface area contributed by atoms with E-state index in [4.69, 9.17) is 9.47 Å². The van der Waals surface area contributed by atoms with E-state index >= 15 is 0 Å². The number of fused-ring (bicyclic) bond motifs is 2. The molecule has 0 spiro atoms. The van der Waals surface area contributed by atoms with Crippen molar-refractivity contribution in [2.45, 2.75) is 52.6 Å². The highest BCUT2D eigenvalue weighted by atomic mass is 19.2. The third-order valence-electron chi connectivity index (χ3n) is 5.71. The van der Waals surface area contributed by atoms with E-state index in [0.29, 0.717) is 30.4 Å². The summed E-state index contributed by atoms with van der Waals surface area (Å²) in [5, 5.41) is 0. The van der Waals surface area contributed by atoms with Gasteiger partial charge in [0.1, 0.15) is 6.61 Å². The SMILES string of the molecule is CCCc1ccc(COc2cc3c(c(F)c2F)Oc2c(ccc(CCC)c2F)C3)c(F)c1F. The summed E-state index contributed by atoms with van der Waals surface area (Å²) in [6.45, 7) is 3.27. The number of hydrogen-bond donors (Lipinski definition) is 0. The number of hydrogen-bond acceptors (Lipinski definition) is 2. The molecule has 4 rings (SSSR count). The van der Waals surface area contributed by atoms with Gasteiger partial charge in [0.15, 0.2) is 34.7 Å². The first-order chi connectivity index (χ1) is 15.8. The number of rotatable bonds is 7. The lowest BCUT2D eigenvalue weighted by Gasteiger charge is -2.23. The maximum absolute atomic E-state index is 14.8. The van der Waals surface area contributed by atoms with E-state index in [9.17, 15) is 22.0 Å². The van der Waals surface area contributed by atoms with Crippen molar-refractivity contribution in [1.82, 2.24) is 0 Å². The van der Waals surface area contributed by atoms with Crippen LogP contribution in [0.3, 0.4) is 0 Å². The molecular formula is C26H23F5O2. The minimum Gasteiger partial charge on any atom is -0.486 e. The third-order valence-corrected chi connectivity index (χ3v) is 5.71. The molecule has 33 heavy (non-hydrogen) atoms. The summed E-state index contributed by atoms with van der Waals surface area (Å²) < 4.78 is 83.5. The largest absolute Gasteiger partial charge is 0.486 e. The second-order valence-corrected chi connectivity index (χ2v) is 8.10. The molecule has 0 fully saturated rings. The Labute approximate surface area is 189 Å². The van der Waals surface area contributed by atoms with Crippen molar-refractivity contribution in [3.63, 3.8) is 0 Å². The highest BCUT2D eigenvalue weighted by molar-refractivity contribution is 5.54. The number of benzene rings is 3. The molecule has 0 bridgehead atoms. The summed E-state index contributed by atoms with van der Waals surface area (Å²) in [5.74, 6) is -6.25. The minimum atomic E-state index is -1.34. The Bertz CT molecular complexity index is 1210. The Morgan fingerprint density at radius 3 is 1.97 bits per heavy atom. The van der Waals surface area contributed by atoms with Crippen molar-refractivity contribution in [3.05, 3.63) is 87.2 Å². The monoisotopic (exact) mass is 462 g/mol. The molecule has 174 valence electrons. The van der Waals surface area contributed by atoms with Gasteiger partial charge < -0.3 is 9.47 Å². The van der Waals surface area contributed by atoms with Gasteiger partial charge in [-0.2, -0.15) is 8.78 Å². The Balaban J connectivity index is 1.60. The molecule has 1 aliphatic rings. The van der Waals surface area contributed by atoms with Gasteiger partial charge in [-0.05, 0) is 30.0 Å². The van der Waals surface area contributed by atoms with Gasteiger partial charge >= 0.3 is 0 Å². The summed E-state index contributed by atoms with van der Waals surface area (Å²) in [4.78, 5) is 0. The lowest BCUT2D eigenvalue weighted by atomic mass is 9.97. The first-order valence-corrected chi connectivity index (χ1v) is 10.9. The Morgan fingerprint density at radius 2 is 1.27 bits per heavy atom. The first-order valence-electron chi connectivity index (χ1n) is 10.9. The average molecular weight is 462 g/mol. The number of ether oxygens (including phenoxy) is 2. The molecule has 0 N–H and O–H groups in total. The zero-order valence-electron chi connectivity index (χ0n) is 18.3. The molecule has 0 amide bonds. The maximum Gasteiger partial charge on any atom is 0.205 e. The zero-order valence-corrected chi connectivity index (χ0v) is 18.3. The van der Waals surface area contributed by atoms with Crippen molar-refractivity contribution in [3.8, 4) is 17.2 Å². The number of halogens is 5. The predicted molar refractivity (Wildman–Crippen MR) is 114 cm³/mol. The topological polar surface area (TPSA) is 18.5 Å². The van der Waals surface area contributed by atoms with E-state index in [2.05, 4.69) is 0 Å². The highest BCUT2D eigenvalue weighted by Gasteiger charge is 2.29. The van der Waals surface area contributed by atoms with Crippen LogP contribution in [0.1, 0.15) is 54.5 Å². The second-order valence-electron chi connectivity index (χ2n) is 8.10. The van der Waals surface area contributed by atoms with Gasteiger partial charge in [-0.3, -0.25) is 0 Å². The fourth-order valence-electron chi connectivity index (χ4n) is 4.00. The van der Waals surface area contributed by atoms with Gasteiger partial charge in [0.2, 0.25) is 11.6 Å². The highest BCUT2D eigenvalue weighted by Crippen LogP contribution is 2.43. The Morgan fingerprint density at radius 1 is 0.697 bits per heavy atom. The molecular weight excluding hydrogens is 439 g/mol. The lowest BCUT2D eigenvalue weighted by molar-refractivity contribution is 0.273. The predicted octanol–water partition coefficient (Wildman–Crippen LogP) is 7.56. The van der Waals surface area contributed by atoms with Crippen molar-refractivity contribution in [1.29, 1.82) is 0 Å². The smallest absolute Gasteiger partial charge is 0.205 e. The van der Waals surface area contributed by atoms with Gasteiger partial charge in [0.05, 0.1) is 0 Å². The van der Waals surface area contributed by atoms with Crippen LogP contribution in [0.25, 0.3) is 0 Å². The molecule has 0 aliphatic carbocycles. The molecule has 0 saturated carbocycles. The van der Waals surface area contributed by atoms with Crippen molar-refractivity contribution < 1.29 is 31.4 Å². The van der Waals surface area contributed by atoms with Crippen LogP contribution in [0.5, 0.6) is 17.2 Å². The summed E-state index contributed by atoms with van der Waals surface area (Å²) in [6.07, 6.45) is 2.37. The molecule has 0 atom stereocenters. The van der Waals surface area contributed by atoms with E-state index in [-0.39, 0.29) is 28.9 Å². The maximum atomic E-state index is 14.8. The lowest BCUT2D eigenvalue weighted by Crippen LogP contribution is -2.11. The van der Waals surface area contributed by atoms with Crippen LogP contribution in [0, 0.1) is 29.1 Å². The third kappa shape index (κ3) is 4.28. The molecule has 0 saturated heterocycles. The summed E-state index contributed by atoms with van der Waals surface area (Å²) in [6, 6.07) is 7.42. The van der Waals surface area contributed by atoms with Gasteiger partial charge in [-0.25, -0.2) is 13.2 Å². The van der Waals surface area contributed by atoms with Crippen molar-refractivity contribution >= 4 is 0 Å². The fraction of sp³-hybridized carbons (Fsp3) is 0.308. The summed E-state index contributed by atoms with van der Waals surface area (Å²) in [7, 11) is 0. The van der Waals surface area contributed by atoms with E-state index in [1.165, 1.54) is 18.2 Å². The van der Waals surface area contributed by atoms with Crippen LogP contribution in [-0.2, 0) is 25.9 Å². The van der Waals surface area contributed by atoms with Crippen LogP contribution < -0.4 is 9.47 Å². The normalized spacial score (nSPS) is 12.2. The quantitative estimate of drug-likeness (QED) is 0.264. The molecule has 7 heteroatoms. The van der Waals surface area contributed by atoms with Crippen molar-refractivity contribution in [2.75, 3.05) is 0 Å². The molecule has 1 aliphatic heterocycles. The molecule has 0 radical (unpaired) electrons. The van der Waals surface area contributed by atoms with Crippen LogP contribution in [0.2, 0.25) is 0 Å². The average Bonchev–Trinajstić information content (AvgIpc) is 2.81. The summed E-state index contributed by atoms with van der Waals surface area (Å²) >= 11 is 0. The van der Waals surface area contributed by atoms with Gasteiger partial charge in [0.25, 0.3) is 0 Å². The van der Waals surface area contributed by atoms with Crippen LogP contribution >= 0.6 is 0 Å². The zero-order chi connectivity index (χ0) is 23.7. The minimum absolute atomic E-state index is 0.106. The Hall–Kier alpha value is -3.09. The van der Waals surface area contributed by atoms with E-state index in [1.54, 1.807) is 12.1 Å². The van der Waals surface area contributed by atoms with Crippen LogP contribution in [-0.4, -0.2) is 0 Å². The van der Waals surface area contributed by atoms with E-state index in [1.807, 2.05) is 13.8 Å². The molecule has 1 heterocycles. The van der Waals surface area contributed by atoms with Crippen LogP contribution in [0.4, 0.5) is 22.0 Å². The molecule has 3 aromatic rings. The number of aryl methyl sites for hydroxylation is 2. The molecule has 0 unspecified atom stereocenters. The molecule has 2 nitrogen and oxygen atoms in total. The van der Waals surface area contributed by atoms with E-state index < -0.39 is 47.2 Å². The van der Waals surface area contributed by atoms with Crippen molar-refractivity contribution in [2.24, 2.45) is 0 Å². The van der Waals surface area contributed by atoms with Crippen LogP contribution in [0.15, 0.2) is 30.3 Å². The standard InChI is InChI=1S/C26H23F5O2/c1-3-5-14-8-10-17(21(28)20(14)27)13-32-19-12-18-11-16-9-7-15(6-4-2)22(29)25(16)33-26(18)24(31)23(19)30/h7-10,12H,3-6,11,13H2,1-2H3. The van der Waals surface area contributed by atoms with E-state index in [0.717, 1.165) is 6.42 Å². The van der Waals surface area contributed by atoms with Gasteiger partial charge in [-0.15, -0.1) is 0 Å². The Kier molecular flexibility index (Phi) is 6.58.